The second kappa shape index (κ2) is 5.04. The number of thiophene rings is 1. The van der Waals surface area contributed by atoms with Crippen molar-refractivity contribution < 1.29 is 4.79 Å². The van der Waals surface area contributed by atoms with E-state index in [-0.39, 0.29) is 5.91 Å². The van der Waals surface area contributed by atoms with Crippen LogP contribution in [0.5, 0.6) is 0 Å². The van der Waals surface area contributed by atoms with Crippen molar-refractivity contribution in [2.75, 3.05) is 0 Å². The lowest BCUT2D eigenvalue weighted by Gasteiger charge is -2.16. The van der Waals surface area contributed by atoms with Crippen molar-refractivity contribution in [3.63, 3.8) is 0 Å². The zero-order valence-electron chi connectivity index (χ0n) is 11.0. The maximum atomic E-state index is 12.2. The van der Waals surface area contributed by atoms with Gasteiger partial charge in [0.15, 0.2) is 0 Å². The molecular formula is C15H21NOS. The monoisotopic (exact) mass is 263 g/mol. The fourth-order valence-corrected chi connectivity index (χ4v) is 4.26. The smallest absolute Gasteiger partial charge is 0.261 e. The predicted octanol–water partition coefficient (Wildman–Crippen LogP) is 3.55. The van der Waals surface area contributed by atoms with E-state index in [1.165, 1.54) is 29.7 Å². The fourth-order valence-electron chi connectivity index (χ4n) is 3.14. The molecule has 1 aromatic rings. The number of rotatable bonds is 2. The van der Waals surface area contributed by atoms with Gasteiger partial charge in [0.2, 0.25) is 0 Å². The molecule has 3 heteroatoms. The summed E-state index contributed by atoms with van der Waals surface area (Å²) in [5.74, 6) is 0.937. The topological polar surface area (TPSA) is 29.1 Å². The van der Waals surface area contributed by atoms with E-state index in [4.69, 9.17) is 0 Å². The highest BCUT2D eigenvalue weighted by molar-refractivity contribution is 7.14. The van der Waals surface area contributed by atoms with E-state index in [0.29, 0.717) is 6.04 Å². The van der Waals surface area contributed by atoms with Crippen molar-refractivity contribution in [2.45, 2.75) is 57.9 Å². The van der Waals surface area contributed by atoms with E-state index in [1.807, 2.05) is 0 Å². The van der Waals surface area contributed by atoms with Crippen LogP contribution in [0, 0.1) is 5.92 Å². The minimum atomic E-state index is 0.161. The van der Waals surface area contributed by atoms with Crippen LogP contribution in [-0.2, 0) is 12.8 Å². The summed E-state index contributed by atoms with van der Waals surface area (Å²) in [6.07, 6.45) is 8.45. The van der Waals surface area contributed by atoms with Crippen molar-refractivity contribution >= 4 is 17.2 Å². The summed E-state index contributed by atoms with van der Waals surface area (Å²) in [7, 11) is 0. The first-order chi connectivity index (χ1) is 8.72. The van der Waals surface area contributed by atoms with Crippen LogP contribution in [0.25, 0.3) is 0 Å². The third-order valence-electron chi connectivity index (χ3n) is 4.24. The van der Waals surface area contributed by atoms with Crippen LogP contribution < -0.4 is 5.32 Å². The largest absolute Gasteiger partial charge is 0.349 e. The molecular weight excluding hydrogens is 242 g/mol. The van der Waals surface area contributed by atoms with Crippen molar-refractivity contribution in [1.29, 1.82) is 0 Å². The summed E-state index contributed by atoms with van der Waals surface area (Å²) in [6, 6.07) is 2.57. The molecule has 0 saturated heterocycles. The van der Waals surface area contributed by atoms with Gasteiger partial charge in [-0.05, 0) is 49.7 Å². The highest BCUT2D eigenvalue weighted by Crippen LogP contribution is 2.32. The first-order valence-corrected chi connectivity index (χ1v) is 7.96. The molecule has 2 aliphatic carbocycles. The number of hydrogen-bond acceptors (Lipinski definition) is 2. The normalized spacial score (nSPS) is 23.9. The molecule has 98 valence electrons. The van der Waals surface area contributed by atoms with Gasteiger partial charge in [-0.25, -0.2) is 0 Å². The maximum Gasteiger partial charge on any atom is 0.261 e. The van der Waals surface area contributed by atoms with Gasteiger partial charge in [0.05, 0.1) is 4.88 Å². The first-order valence-electron chi connectivity index (χ1n) is 7.15. The fraction of sp³-hybridized carbons (Fsp3) is 0.667. The van der Waals surface area contributed by atoms with Crippen molar-refractivity contribution in [1.82, 2.24) is 5.32 Å². The zero-order chi connectivity index (χ0) is 12.5. The SMILES string of the molecule is C[C@@H]1CCc2sc(C(=O)NC3CCCC3)cc2C1. The maximum absolute atomic E-state index is 12.2. The second-order valence-corrected chi connectivity index (χ2v) is 7.00. The molecule has 0 aromatic carbocycles. The Labute approximate surface area is 113 Å². The second-order valence-electron chi connectivity index (χ2n) is 5.86. The van der Waals surface area contributed by atoms with Crippen LogP contribution in [0.2, 0.25) is 0 Å². The Bertz CT molecular complexity index is 445. The van der Waals surface area contributed by atoms with E-state index in [1.54, 1.807) is 11.3 Å². The predicted molar refractivity (Wildman–Crippen MR) is 75.2 cm³/mol. The summed E-state index contributed by atoms with van der Waals surface area (Å²) in [5, 5.41) is 3.19. The van der Waals surface area contributed by atoms with Crippen LogP contribution in [0.3, 0.4) is 0 Å². The molecule has 1 N–H and O–H groups in total. The summed E-state index contributed by atoms with van der Waals surface area (Å²) < 4.78 is 0. The van der Waals surface area contributed by atoms with Gasteiger partial charge in [-0.1, -0.05) is 19.8 Å². The Morgan fingerprint density at radius 3 is 2.89 bits per heavy atom. The van der Waals surface area contributed by atoms with Gasteiger partial charge in [0, 0.05) is 10.9 Å². The molecule has 1 amide bonds. The van der Waals surface area contributed by atoms with Crippen LogP contribution in [0.1, 0.15) is 59.1 Å². The Hall–Kier alpha value is -0.830. The Kier molecular flexibility index (Phi) is 3.42. The summed E-state index contributed by atoms with van der Waals surface area (Å²) in [5.41, 5.74) is 1.43. The van der Waals surface area contributed by atoms with Crippen LogP contribution in [0.4, 0.5) is 0 Å². The minimum Gasteiger partial charge on any atom is -0.349 e. The molecule has 0 bridgehead atoms. The summed E-state index contributed by atoms with van der Waals surface area (Å²) in [4.78, 5) is 14.6. The number of fused-ring (bicyclic) bond motifs is 1. The van der Waals surface area contributed by atoms with Gasteiger partial charge in [-0.3, -0.25) is 4.79 Å². The van der Waals surface area contributed by atoms with Crippen LogP contribution in [0.15, 0.2) is 6.07 Å². The first kappa shape index (κ1) is 12.2. The average Bonchev–Trinajstić information content (AvgIpc) is 2.96. The molecule has 1 saturated carbocycles. The van der Waals surface area contributed by atoms with E-state index in [2.05, 4.69) is 18.3 Å². The summed E-state index contributed by atoms with van der Waals surface area (Å²) in [6.45, 7) is 2.30. The lowest BCUT2D eigenvalue weighted by molar-refractivity contribution is 0.0942. The zero-order valence-corrected chi connectivity index (χ0v) is 11.8. The summed E-state index contributed by atoms with van der Waals surface area (Å²) >= 11 is 1.72. The molecule has 0 aliphatic heterocycles. The number of carbonyl (C=O) groups excluding carboxylic acids is 1. The molecule has 18 heavy (non-hydrogen) atoms. The molecule has 1 fully saturated rings. The van der Waals surface area contributed by atoms with Gasteiger partial charge in [-0.15, -0.1) is 11.3 Å². The highest BCUT2D eigenvalue weighted by Gasteiger charge is 2.23. The van der Waals surface area contributed by atoms with E-state index in [9.17, 15) is 4.79 Å². The number of aryl methyl sites for hydroxylation is 1. The number of hydrogen-bond donors (Lipinski definition) is 1. The van der Waals surface area contributed by atoms with Crippen molar-refractivity contribution in [3.05, 3.63) is 21.4 Å². The molecule has 2 nitrogen and oxygen atoms in total. The lowest BCUT2D eigenvalue weighted by atomic mass is 9.90. The lowest BCUT2D eigenvalue weighted by Crippen LogP contribution is -2.31. The van der Waals surface area contributed by atoms with E-state index in [0.717, 1.165) is 36.5 Å². The minimum absolute atomic E-state index is 0.161. The third kappa shape index (κ3) is 2.46. The molecule has 0 radical (unpaired) electrons. The van der Waals surface area contributed by atoms with E-state index < -0.39 is 0 Å². The number of amides is 1. The average molecular weight is 263 g/mol. The van der Waals surface area contributed by atoms with E-state index >= 15 is 0 Å². The molecule has 1 atom stereocenters. The quantitative estimate of drug-likeness (QED) is 0.868. The van der Waals surface area contributed by atoms with Crippen LogP contribution in [-0.4, -0.2) is 11.9 Å². The van der Waals surface area contributed by atoms with Gasteiger partial charge in [-0.2, -0.15) is 0 Å². The highest BCUT2D eigenvalue weighted by atomic mass is 32.1. The molecule has 0 unspecified atom stereocenters. The number of nitrogens with one attached hydrogen (secondary N) is 1. The Morgan fingerprint density at radius 2 is 2.11 bits per heavy atom. The molecule has 1 aromatic heterocycles. The molecule has 0 spiro atoms. The molecule has 2 aliphatic rings. The standard InChI is InChI=1S/C15H21NOS/c1-10-6-7-13-11(8-10)9-14(18-13)15(17)16-12-4-2-3-5-12/h9-10,12H,2-8H2,1H3,(H,16,17)/t10-/m1/s1. The van der Waals surface area contributed by atoms with Crippen LogP contribution >= 0.6 is 11.3 Å². The third-order valence-corrected chi connectivity index (χ3v) is 5.48. The van der Waals surface area contributed by atoms with Gasteiger partial charge in [0.25, 0.3) is 5.91 Å². The molecule has 1 heterocycles. The van der Waals surface area contributed by atoms with Crippen molar-refractivity contribution in [3.8, 4) is 0 Å². The van der Waals surface area contributed by atoms with Gasteiger partial charge < -0.3 is 5.32 Å². The molecule has 3 rings (SSSR count). The van der Waals surface area contributed by atoms with Gasteiger partial charge >= 0.3 is 0 Å². The number of carbonyl (C=O) groups is 1. The Balaban J connectivity index is 1.70. The van der Waals surface area contributed by atoms with Crippen molar-refractivity contribution in [2.24, 2.45) is 5.92 Å². The Morgan fingerprint density at radius 1 is 1.33 bits per heavy atom. The van der Waals surface area contributed by atoms with Gasteiger partial charge in [0.1, 0.15) is 0 Å².